The molecule has 0 N–H and O–H groups in total. The molecular weight excluding hydrogens is 170 g/mol. The molecule has 0 bridgehead atoms. The highest BCUT2D eigenvalue weighted by atomic mass is 35.5. The smallest absolute Gasteiger partial charge is 0.129 e. The van der Waals surface area contributed by atoms with Crippen LogP contribution in [-0.4, -0.2) is 4.98 Å². The minimum atomic E-state index is -1.53. The van der Waals surface area contributed by atoms with Gasteiger partial charge in [0.15, 0.2) is 0 Å². The lowest BCUT2D eigenvalue weighted by atomic mass is 9.89. The quantitative estimate of drug-likeness (QED) is 0.614. The summed E-state index contributed by atoms with van der Waals surface area (Å²) in [5, 5.41) is 0.158. The molecule has 1 aromatic rings. The number of aromatic nitrogens is 1. The molecule has 2 heteroatoms. The highest BCUT2D eigenvalue weighted by Gasteiger charge is 2.10. The fourth-order valence-electron chi connectivity index (χ4n) is 0.871. The van der Waals surface area contributed by atoms with Crippen LogP contribution in [0.2, 0.25) is 5.15 Å². The molecule has 66 valence electrons. The van der Waals surface area contributed by atoms with Crippen LogP contribution in [0.4, 0.5) is 0 Å². The van der Waals surface area contributed by atoms with Gasteiger partial charge in [-0.05, 0) is 29.5 Å². The van der Waals surface area contributed by atoms with Gasteiger partial charge in [-0.1, -0.05) is 32.4 Å². The Kier molecular flexibility index (Phi) is 1.72. The molecule has 12 heavy (non-hydrogen) atoms. The van der Waals surface area contributed by atoms with Gasteiger partial charge in [0.05, 0.1) is 1.37 Å². The van der Waals surface area contributed by atoms with Crippen molar-refractivity contribution in [3.63, 3.8) is 0 Å². The highest BCUT2D eigenvalue weighted by Crippen LogP contribution is 2.21. The van der Waals surface area contributed by atoms with Crippen LogP contribution in [0.3, 0.4) is 0 Å². The second-order valence-corrected chi connectivity index (χ2v) is 4.07. The van der Waals surface area contributed by atoms with Gasteiger partial charge in [0.1, 0.15) is 5.15 Å². The van der Waals surface area contributed by atoms with E-state index in [9.17, 15) is 0 Å². The first-order chi connectivity index (χ1) is 6.64. The van der Waals surface area contributed by atoms with E-state index in [1.54, 1.807) is 0 Å². The maximum atomic E-state index is 8.01. The Morgan fingerprint density at radius 2 is 2.33 bits per heavy atom. The van der Waals surface area contributed by atoms with Crippen molar-refractivity contribution < 1.29 is 4.11 Å². The Morgan fingerprint density at radius 1 is 1.67 bits per heavy atom. The Morgan fingerprint density at radius 3 is 2.83 bits per heavy atom. The monoisotopic (exact) mass is 186 g/mol. The molecule has 0 aliphatic rings. The minimum Gasteiger partial charge on any atom is -0.245 e. The zero-order valence-electron chi connectivity index (χ0n) is 10.5. The van der Waals surface area contributed by atoms with Gasteiger partial charge in [-0.15, -0.1) is 0 Å². The van der Waals surface area contributed by atoms with Gasteiger partial charge in [0.25, 0.3) is 0 Å². The van der Waals surface area contributed by atoms with Crippen molar-refractivity contribution in [3.8, 4) is 0 Å². The SMILES string of the molecule is [2H]c1cc(C([2H])([2H])C(C)(C)C)cc(Cl)n1. The van der Waals surface area contributed by atoms with Gasteiger partial charge in [-0.25, -0.2) is 4.98 Å². The van der Waals surface area contributed by atoms with Crippen molar-refractivity contribution in [2.45, 2.75) is 27.1 Å². The molecule has 0 aliphatic heterocycles. The molecule has 1 aromatic heterocycles. The summed E-state index contributed by atoms with van der Waals surface area (Å²) in [5.74, 6) is 0. The summed E-state index contributed by atoms with van der Waals surface area (Å²) in [4.78, 5) is 3.70. The summed E-state index contributed by atoms with van der Waals surface area (Å²) in [6.45, 7) is 5.43. The maximum Gasteiger partial charge on any atom is 0.129 e. The molecule has 0 aromatic carbocycles. The van der Waals surface area contributed by atoms with Crippen LogP contribution in [0.1, 0.15) is 30.4 Å². The van der Waals surface area contributed by atoms with Crippen LogP contribution in [0.15, 0.2) is 18.3 Å². The highest BCUT2D eigenvalue weighted by molar-refractivity contribution is 6.29. The molecule has 0 unspecified atom stereocenters. The van der Waals surface area contributed by atoms with Gasteiger partial charge >= 0.3 is 0 Å². The number of nitrogens with zero attached hydrogens (tertiary/aromatic N) is 1. The lowest BCUT2D eigenvalue weighted by Gasteiger charge is -2.17. The topological polar surface area (TPSA) is 12.9 Å². The number of pyridine rings is 1. The number of halogens is 1. The molecule has 0 amide bonds. The van der Waals surface area contributed by atoms with Crippen LogP contribution < -0.4 is 0 Å². The largest absolute Gasteiger partial charge is 0.245 e. The van der Waals surface area contributed by atoms with Crippen molar-refractivity contribution in [1.82, 2.24) is 4.98 Å². The van der Waals surface area contributed by atoms with Crippen molar-refractivity contribution in [1.29, 1.82) is 0 Å². The Balaban J connectivity index is 3.27. The molecule has 0 atom stereocenters. The number of rotatable bonds is 1. The summed E-state index contributed by atoms with van der Waals surface area (Å²) >= 11 is 5.71. The van der Waals surface area contributed by atoms with E-state index in [0.717, 1.165) is 0 Å². The minimum absolute atomic E-state index is 0.00868. The number of hydrogen-bond donors (Lipinski definition) is 0. The fourth-order valence-corrected chi connectivity index (χ4v) is 1.04. The van der Waals surface area contributed by atoms with Crippen LogP contribution in [0.5, 0.6) is 0 Å². The predicted molar refractivity (Wildman–Crippen MR) is 52.4 cm³/mol. The molecule has 0 saturated carbocycles. The summed E-state index contributed by atoms with van der Waals surface area (Å²) in [6, 6.07) is 2.89. The molecule has 0 saturated heterocycles. The maximum absolute atomic E-state index is 8.01. The van der Waals surface area contributed by atoms with E-state index < -0.39 is 11.8 Å². The second-order valence-electron chi connectivity index (χ2n) is 3.68. The van der Waals surface area contributed by atoms with Crippen LogP contribution in [0, 0.1) is 5.41 Å². The van der Waals surface area contributed by atoms with E-state index in [4.69, 9.17) is 15.7 Å². The van der Waals surface area contributed by atoms with E-state index in [2.05, 4.69) is 4.98 Å². The standard InChI is InChI=1S/C10H14ClN/c1-10(2,3)7-8-4-5-12-9(11)6-8/h4-6H,7H2,1-3H3/i5D,7D2. The average molecular weight is 187 g/mol. The van der Waals surface area contributed by atoms with Crippen molar-refractivity contribution >= 4 is 11.6 Å². The summed E-state index contributed by atoms with van der Waals surface area (Å²) in [7, 11) is 0. The van der Waals surface area contributed by atoms with E-state index in [1.807, 2.05) is 20.8 Å². The lowest BCUT2D eigenvalue weighted by Crippen LogP contribution is -2.08. The molecule has 0 spiro atoms. The molecular formula is C10H14ClN. The first kappa shape index (κ1) is 5.98. The van der Waals surface area contributed by atoms with Gasteiger partial charge in [-0.2, -0.15) is 0 Å². The molecule has 1 nitrogen and oxygen atoms in total. The fraction of sp³-hybridized carbons (Fsp3) is 0.500. The number of hydrogen-bond acceptors (Lipinski definition) is 1. The van der Waals surface area contributed by atoms with Gasteiger partial charge in [-0.3, -0.25) is 0 Å². The van der Waals surface area contributed by atoms with Gasteiger partial charge in [0.2, 0.25) is 0 Å². The first-order valence-corrected chi connectivity index (χ1v) is 4.17. The van der Waals surface area contributed by atoms with Gasteiger partial charge < -0.3 is 0 Å². The van der Waals surface area contributed by atoms with Crippen LogP contribution >= 0.6 is 11.6 Å². The Labute approximate surface area is 83.0 Å². The lowest BCUT2D eigenvalue weighted by molar-refractivity contribution is 0.411. The third-order valence-corrected chi connectivity index (χ3v) is 1.38. The zero-order valence-corrected chi connectivity index (χ0v) is 8.24. The summed E-state index contributed by atoms with van der Waals surface area (Å²) in [6.07, 6.45) is -1.54. The third kappa shape index (κ3) is 3.22. The Bertz CT molecular complexity index is 351. The van der Waals surface area contributed by atoms with E-state index in [1.165, 1.54) is 12.1 Å². The molecule has 1 heterocycles. The zero-order chi connectivity index (χ0) is 11.9. The summed E-state index contributed by atoms with van der Waals surface area (Å²) < 4.78 is 23.4. The Hall–Kier alpha value is -0.560. The second kappa shape index (κ2) is 3.44. The average Bonchev–Trinajstić information content (AvgIpc) is 1.99. The predicted octanol–water partition coefficient (Wildman–Crippen LogP) is 3.32. The van der Waals surface area contributed by atoms with Crippen molar-refractivity contribution in [2.24, 2.45) is 5.41 Å². The third-order valence-electron chi connectivity index (χ3n) is 1.19. The van der Waals surface area contributed by atoms with E-state index in [-0.39, 0.29) is 11.3 Å². The van der Waals surface area contributed by atoms with Crippen molar-refractivity contribution in [3.05, 3.63) is 29.0 Å². The van der Waals surface area contributed by atoms with Crippen LogP contribution in [-0.2, 0) is 6.37 Å². The van der Waals surface area contributed by atoms with Gasteiger partial charge in [0, 0.05) is 8.91 Å². The first-order valence-electron chi connectivity index (χ1n) is 5.29. The van der Waals surface area contributed by atoms with Crippen molar-refractivity contribution in [2.75, 3.05) is 0 Å². The normalized spacial score (nSPS) is 16.5. The van der Waals surface area contributed by atoms with E-state index in [0.29, 0.717) is 5.56 Å². The summed E-state index contributed by atoms with van der Waals surface area (Å²) in [5.41, 5.74) is -0.149. The molecule has 1 rings (SSSR count). The van der Waals surface area contributed by atoms with Crippen LogP contribution in [0.25, 0.3) is 0 Å². The molecule has 0 aliphatic carbocycles. The van der Waals surface area contributed by atoms with E-state index >= 15 is 0 Å². The molecule has 0 fully saturated rings. The molecule has 0 radical (unpaired) electrons.